The first-order chi connectivity index (χ1) is 13.0. The highest BCUT2D eigenvalue weighted by Crippen LogP contribution is 2.22. The van der Waals surface area contributed by atoms with Crippen LogP contribution in [0.15, 0.2) is 51.8 Å². The quantitative estimate of drug-likeness (QED) is 0.536. The number of hydrogen-bond acceptors (Lipinski definition) is 5. The van der Waals surface area contributed by atoms with E-state index in [0.29, 0.717) is 27.9 Å². The van der Waals surface area contributed by atoms with Gasteiger partial charge in [0.2, 0.25) is 5.82 Å². The molecule has 7 heteroatoms. The summed E-state index contributed by atoms with van der Waals surface area (Å²) in [6.07, 6.45) is 3.53. The Bertz CT molecular complexity index is 1240. The highest BCUT2D eigenvalue weighted by Gasteiger charge is 2.10. The maximum Gasteiger partial charge on any atom is 0.272 e. The molecule has 0 aliphatic carbocycles. The Labute approximate surface area is 159 Å². The number of aromatic nitrogens is 4. The lowest BCUT2D eigenvalue weighted by Crippen LogP contribution is -2.20. The smallest absolute Gasteiger partial charge is 0.272 e. The predicted octanol–water partition coefficient (Wildman–Crippen LogP) is 4.12. The molecule has 4 rings (SSSR count). The molecule has 0 unspecified atom stereocenters. The number of halogens is 1. The highest BCUT2D eigenvalue weighted by molar-refractivity contribution is 6.32. The summed E-state index contributed by atoms with van der Waals surface area (Å²) >= 11 is 6.13. The van der Waals surface area contributed by atoms with Crippen molar-refractivity contribution in [1.82, 2.24) is 19.7 Å². The van der Waals surface area contributed by atoms with Gasteiger partial charge in [-0.2, -0.15) is 4.98 Å². The van der Waals surface area contributed by atoms with E-state index >= 15 is 0 Å². The van der Waals surface area contributed by atoms with Crippen LogP contribution in [0.1, 0.15) is 17.1 Å². The number of fused-ring (bicyclic) bond motifs is 1. The normalized spacial score (nSPS) is 11.5. The Balaban J connectivity index is 1.68. The van der Waals surface area contributed by atoms with Crippen molar-refractivity contribution in [2.45, 2.75) is 6.92 Å². The van der Waals surface area contributed by atoms with E-state index < -0.39 is 0 Å². The fourth-order valence-electron chi connectivity index (χ4n) is 2.81. The zero-order chi connectivity index (χ0) is 19.0. The number of rotatable bonds is 3. The monoisotopic (exact) mass is 378 g/mol. The lowest BCUT2D eigenvalue weighted by molar-refractivity contribution is 0.411. The van der Waals surface area contributed by atoms with Crippen molar-refractivity contribution in [1.29, 1.82) is 0 Å². The molecule has 27 heavy (non-hydrogen) atoms. The van der Waals surface area contributed by atoms with Crippen molar-refractivity contribution in [2.24, 2.45) is 7.05 Å². The first-order valence-electron chi connectivity index (χ1n) is 8.27. The fraction of sp³-hybridized carbons (Fsp3) is 0.100. The molecule has 6 nitrogen and oxygen atoms in total. The van der Waals surface area contributed by atoms with Gasteiger partial charge in [-0.25, -0.2) is 4.98 Å². The summed E-state index contributed by atoms with van der Waals surface area (Å²) < 4.78 is 6.87. The molecular weight excluding hydrogens is 364 g/mol. The topological polar surface area (TPSA) is 73.8 Å². The lowest BCUT2D eigenvalue weighted by Gasteiger charge is -2.06. The van der Waals surface area contributed by atoms with Crippen molar-refractivity contribution >= 4 is 34.8 Å². The minimum atomic E-state index is -0.109. The third-order valence-electron chi connectivity index (χ3n) is 4.25. The first kappa shape index (κ1) is 17.2. The zero-order valence-electron chi connectivity index (χ0n) is 14.7. The average molecular weight is 379 g/mol. The largest absolute Gasteiger partial charge is 0.334 e. The van der Waals surface area contributed by atoms with E-state index in [2.05, 4.69) is 15.1 Å². The SMILES string of the molecule is Cc1nc2cc(-c3noc(/C=C/c4ccccc4Cl)n3)ccc2n(C)c1=O. The van der Waals surface area contributed by atoms with Gasteiger partial charge in [0.15, 0.2) is 0 Å². The van der Waals surface area contributed by atoms with Gasteiger partial charge in [0.05, 0.1) is 11.0 Å². The molecule has 0 aliphatic rings. The fourth-order valence-corrected chi connectivity index (χ4v) is 3.01. The second-order valence-corrected chi connectivity index (χ2v) is 6.48. The van der Waals surface area contributed by atoms with E-state index in [1.54, 1.807) is 24.6 Å². The minimum absolute atomic E-state index is 0.109. The minimum Gasteiger partial charge on any atom is -0.334 e. The number of nitrogens with zero attached hydrogens (tertiary/aromatic N) is 4. The van der Waals surface area contributed by atoms with Crippen LogP contribution in [0.25, 0.3) is 34.6 Å². The van der Waals surface area contributed by atoms with Gasteiger partial charge in [-0.15, -0.1) is 0 Å². The molecule has 0 radical (unpaired) electrons. The maximum atomic E-state index is 12.0. The van der Waals surface area contributed by atoms with E-state index in [4.69, 9.17) is 16.1 Å². The van der Waals surface area contributed by atoms with Gasteiger partial charge in [-0.05, 0) is 42.8 Å². The Kier molecular flexibility index (Phi) is 4.33. The molecule has 2 aromatic carbocycles. The molecule has 0 spiro atoms. The summed E-state index contributed by atoms with van der Waals surface area (Å²) in [6.45, 7) is 1.69. The van der Waals surface area contributed by atoms with Crippen LogP contribution in [0.4, 0.5) is 0 Å². The van der Waals surface area contributed by atoms with Gasteiger partial charge in [-0.1, -0.05) is 35.0 Å². The van der Waals surface area contributed by atoms with Crippen LogP contribution in [-0.4, -0.2) is 19.7 Å². The summed E-state index contributed by atoms with van der Waals surface area (Å²) in [5, 5.41) is 4.67. The van der Waals surface area contributed by atoms with Gasteiger partial charge < -0.3 is 9.09 Å². The van der Waals surface area contributed by atoms with Gasteiger partial charge in [0.25, 0.3) is 11.4 Å². The van der Waals surface area contributed by atoms with Crippen LogP contribution in [0.3, 0.4) is 0 Å². The molecule has 0 saturated carbocycles. The Morgan fingerprint density at radius 2 is 1.93 bits per heavy atom. The van der Waals surface area contributed by atoms with Crippen molar-refractivity contribution in [3.8, 4) is 11.4 Å². The molecule has 0 aliphatic heterocycles. The van der Waals surface area contributed by atoms with E-state index in [0.717, 1.165) is 16.6 Å². The van der Waals surface area contributed by atoms with Crippen LogP contribution < -0.4 is 5.56 Å². The second kappa shape index (κ2) is 6.81. The third-order valence-corrected chi connectivity index (χ3v) is 4.59. The first-order valence-corrected chi connectivity index (χ1v) is 8.65. The van der Waals surface area contributed by atoms with Crippen molar-refractivity contribution in [3.63, 3.8) is 0 Å². The van der Waals surface area contributed by atoms with Crippen LogP contribution >= 0.6 is 11.6 Å². The molecule has 2 aromatic heterocycles. The van der Waals surface area contributed by atoms with Crippen molar-refractivity contribution in [3.05, 3.63) is 75.0 Å². The van der Waals surface area contributed by atoms with E-state index in [-0.39, 0.29) is 5.56 Å². The predicted molar refractivity (Wildman–Crippen MR) is 105 cm³/mol. The standard InChI is InChI=1S/C20H15ClN4O2/c1-12-20(26)25(2)17-9-7-14(11-16(17)22-12)19-23-18(27-24-19)10-8-13-5-3-4-6-15(13)21/h3-11H,1-2H3/b10-8+. The average Bonchev–Trinajstić information content (AvgIpc) is 3.14. The van der Waals surface area contributed by atoms with Crippen LogP contribution in [0.5, 0.6) is 0 Å². The van der Waals surface area contributed by atoms with Crippen molar-refractivity contribution in [2.75, 3.05) is 0 Å². The number of aryl methyl sites for hydroxylation is 2. The Hall–Kier alpha value is -3.25. The maximum absolute atomic E-state index is 12.0. The lowest BCUT2D eigenvalue weighted by atomic mass is 10.1. The Morgan fingerprint density at radius 1 is 1.11 bits per heavy atom. The molecule has 0 N–H and O–H groups in total. The summed E-state index contributed by atoms with van der Waals surface area (Å²) in [6, 6.07) is 13.0. The van der Waals surface area contributed by atoms with E-state index in [1.165, 1.54) is 0 Å². The number of hydrogen-bond donors (Lipinski definition) is 0. The molecule has 0 amide bonds. The van der Waals surface area contributed by atoms with Crippen LogP contribution in [-0.2, 0) is 7.05 Å². The van der Waals surface area contributed by atoms with E-state index in [1.807, 2.05) is 48.5 Å². The summed E-state index contributed by atoms with van der Waals surface area (Å²) in [4.78, 5) is 20.8. The molecule has 4 aromatic rings. The number of benzene rings is 2. The third kappa shape index (κ3) is 3.27. The van der Waals surface area contributed by atoms with E-state index in [9.17, 15) is 4.79 Å². The van der Waals surface area contributed by atoms with Gasteiger partial charge >= 0.3 is 0 Å². The zero-order valence-corrected chi connectivity index (χ0v) is 15.4. The van der Waals surface area contributed by atoms with Crippen molar-refractivity contribution < 1.29 is 4.52 Å². The Morgan fingerprint density at radius 3 is 2.74 bits per heavy atom. The molecule has 0 saturated heterocycles. The molecule has 0 fully saturated rings. The molecule has 0 atom stereocenters. The molecule has 0 bridgehead atoms. The summed E-state index contributed by atoms with van der Waals surface area (Å²) in [5.74, 6) is 0.818. The molecule has 134 valence electrons. The highest BCUT2D eigenvalue weighted by atomic mass is 35.5. The van der Waals surface area contributed by atoms with Gasteiger partial charge in [0.1, 0.15) is 5.69 Å². The summed E-state index contributed by atoms with van der Waals surface area (Å²) in [5.41, 5.74) is 3.40. The van der Waals surface area contributed by atoms with Gasteiger partial charge in [-0.3, -0.25) is 4.79 Å². The molecule has 2 heterocycles. The summed E-state index contributed by atoms with van der Waals surface area (Å²) in [7, 11) is 1.73. The van der Waals surface area contributed by atoms with Crippen LogP contribution in [0.2, 0.25) is 5.02 Å². The van der Waals surface area contributed by atoms with Crippen LogP contribution in [0, 0.1) is 6.92 Å². The second-order valence-electron chi connectivity index (χ2n) is 6.08. The molecular formula is C20H15ClN4O2. The van der Waals surface area contributed by atoms with Gasteiger partial charge in [0, 0.05) is 23.7 Å².